The highest BCUT2D eigenvalue weighted by Crippen LogP contribution is 2.19. The van der Waals surface area contributed by atoms with E-state index in [-0.39, 0.29) is 42.8 Å². The molecule has 4 N–H and O–H groups in total. The Morgan fingerprint density at radius 3 is 2.26 bits per heavy atom. The first-order valence-corrected chi connectivity index (χ1v) is 8.75. The molecule has 1 fully saturated rings. The zero-order valence-corrected chi connectivity index (χ0v) is 15.7. The topological polar surface area (TPSA) is 93.5 Å². The number of anilines is 2. The molecule has 3 rings (SSSR count). The number of carbonyl (C=O) groups is 2. The van der Waals surface area contributed by atoms with Crippen molar-refractivity contribution < 1.29 is 14.3 Å². The molecule has 1 saturated heterocycles. The summed E-state index contributed by atoms with van der Waals surface area (Å²) in [6, 6.07) is 16.2. The van der Waals surface area contributed by atoms with Crippen LogP contribution >= 0.6 is 12.4 Å². The second-order valence-corrected chi connectivity index (χ2v) is 6.34. The molecule has 2 atom stereocenters. The number of hydrogen-bond donors (Lipinski definition) is 3. The number of amides is 2. The summed E-state index contributed by atoms with van der Waals surface area (Å²) < 4.78 is 5.36. The molecule has 0 spiro atoms. The zero-order valence-electron chi connectivity index (χ0n) is 14.9. The van der Waals surface area contributed by atoms with Crippen molar-refractivity contribution in [2.45, 2.75) is 31.4 Å². The van der Waals surface area contributed by atoms with Gasteiger partial charge in [0.1, 0.15) is 6.10 Å². The van der Waals surface area contributed by atoms with E-state index in [2.05, 4.69) is 10.6 Å². The number of nitrogens with two attached hydrogens (primary N) is 1. The van der Waals surface area contributed by atoms with E-state index in [4.69, 9.17) is 10.5 Å². The maximum absolute atomic E-state index is 12.2. The molecule has 2 unspecified atom stereocenters. The van der Waals surface area contributed by atoms with Crippen LogP contribution in [-0.2, 0) is 14.3 Å². The van der Waals surface area contributed by atoms with E-state index in [0.29, 0.717) is 18.0 Å². The molecule has 1 aliphatic heterocycles. The molecule has 0 aromatic heterocycles. The molecule has 0 radical (unpaired) electrons. The van der Waals surface area contributed by atoms with Crippen molar-refractivity contribution in [1.82, 2.24) is 0 Å². The molecule has 144 valence electrons. The summed E-state index contributed by atoms with van der Waals surface area (Å²) in [5.74, 6) is -0.286. The maximum Gasteiger partial charge on any atom is 0.253 e. The Balaban J connectivity index is 0.00000261. The Morgan fingerprint density at radius 1 is 1.04 bits per heavy atom. The lowest BCUT2D eigenvalue weighted by Gasteiger charge is -2.13. The highest BCUT2D eigenvalue weighted by Gasteiger charge is 2.23. The predicted octanol–water partition coefficient (Wildman–Crippen LogP) is 3.25. The van der Waals surface area contributed by atoms with E-state index in [1.165, 1.54) is 0 Å². The number of benzene rings is 2. The molecule has 7 heteroatoms. The van der Waals surface area contributed by atoms with Crippen LogP contribution in [0.3, 0.4) is 0 Å². The van der Waals surface area contributed by atoms with Gasteiger partial charge < -0.3 is 21.1 Å². The molecule has 6 nitrogen and oxygen atoms in total. The van der Waals surface area contributed by atoms with Crippen LogP contribution in [0.2, 0.25) is 0 Å². The number of halogens is 1. The molecule has 0 bridgehead atoms. The van der Waals surface area contributed by atoms with Gasteiger partial charge in [0.2, 0.25) is 5.91 Å². The van der Waals surface area contributed by atoms with Crippen molar-refractivity contribution in [2.75, 3.05) is 17.2 Å². The SMILES string of the molecule is Cl.NC(CC(=O)Nc1ccc(NC(=O)C2CCCO2)cc1)c1ccccc1. The Labute approximate surface area is 164 Å². The number of ether oxygens (including phenoxy) is 1. The van der Waals surface area contributed by atoms with Crippen molar-refractivity contribution in [3.8, 4) is 0 Å². The van der Waals surface area contributed by atoms with Gasteiger partial charge in [0.05, 0.1) is 0 Å². The Hall–Kier alpha value is -2.41. The lowest BCUT2D eigenvalue weighted by molar-refractivity contribution is -0.124. The monoisotopic (exact) mass is 389 g/mol. The quantitative estimate of drug-likeness (QED) is 0.706. The third-order valence-electron chi connectivity index (χ3n) is 4.29. The minimum atomic E-state index is -0.367. The average molecular weight is 390 g/mol. The van der Waals surface area contributed by atoms with E-state index in [1.54, 1.807) is 24.3 Å². The van der Waals surface area contributed by atoms with Crippen LogP contribution in [0.4, 0.5) is 11.4 Å². The lowest BCUT2D eigenvalue weighted by atomic mass is 10.0. The van der Waals surface area contributed by atoms with Gasteiger partial charge in [-0.1, -0.05) is 30.3 Å². The first-order valence-electron chi connectivity index (χ1n) is 8.75. The van der Waals surface area contributed by atoms with E-state index in [1.807, 2.05) is 30.3 Å². The van der Waals surface area contributed by atoms with Crippen molar-refractivity contribution >= 4 is 35.6 Å². The minimum absolute atomic E-state index is 0. The molecule has 0 aliphatic carbocycles. The molecule has 27 heavy (non-hydrogen) atoms. The van der Waals surface area contributed by atoms with Crippen molar-refractivity contribution in [3.05, 3.63) is 60.2 Å². The molecule has 0 saturated carbocycles. The standard InChI is InChI=1S/C20H23N3O3.ClH/c21-17(14-5-2-1-3-6-14)13-19(24)22-15-8-10-16(11-9-15)23-20(25)18-7-4-12-26-18;/h1-3,5-6,8-11,17-18H,4,7,12-13,21H2,(H,22,24)(H,23,25);1H. The third-order valence-corrected chi connectivity index (χ3v) is 4.29. The predicted molar refractivity (Wildman–Crippen MR) is 108 cm³/mol. The molecule has 2 aromatic rings. The third kappa shape index (κ3) is 6.06. The van der Waals surface area contributed by atoms with Crippen LogP contribution in [0.5, 0.6) is 0 Å². The van der Waals surface area contributed by atoms with Gasteiger partial charge >= 0.3 is 0 Å². The zero-order chi connectivity index (χ0) is 18.4. The maximum atomic E-state index is 12.2. The van der Waals surface area contributed by atoms with Gasteiger partial charge in [-0.25, -0.2) is 0 Å². The summed E-state index contributed by atoms with van der Waals surface area (Å²) in [6.45, 7) is 0.633. The van der Waals surface area contributed by atoms with E-state index < -0.39 is 0 Å². The summed E-state index contributed by atoms with van der Waals surface area (Å²) in [6.07, 6.45) is 1.49. The summed E-state index contributed by atoms with van der Waals surface area (Å²) in [5, 5.41) is 5.64. The normalized spacial score (nSPS) is 16.9. The van der Waals surface area contributed by atoms with Crippen molar-refractivity contribution in [3.63, 3.8) is 0 Å². The van der Waals surface area contributed by atoms with Crippen LogP contribution < -0.4 is 16.4 Å². The Bertz CT molecular complexity index is 747. The molecule has 2 aromatic carbocycles. The summed E-state index contributed by atoms with van der Waals surface area (Å²) in [5.41, 5.74) is 8.32. The first kappa shape index (κ1) is 20.9. The molecule has 1 heterocycles. The van der Waals surface area contributed by atoms with Crippen LogP contribution in [0.25, 0.3) is 0 Å². The highest BCUT2D eigenvalue weighted by atomic mass is 35.5. The second kappa shape index (κ2) is 10.1. The van der Waals surface area contributed by atoms with Crippen LogP contribution in [-0.4, -0.2) is 24.5 Å². The summed E-state index contributed by atoms with van der Waals surface area (Å²) in [4.78, 5) is 24.2. The number of carbonyl (C=O) groups excluding carboxylic acids is 2. The van der Waals surface area contributed by atoms with Crippen LogP contribution in [0, 0.1) is 0 Å². The minimum Gasteiger partial charge on any atom is -0.368 e. The Kier molecular flexibility index (Phi) is 7.79. The largest absolute Gasteiger partial charge is 0.368 e. The van der Waals surface area contributed by atoms with Gasteiger partial charge in [-0.15, -0.1) is 12.4 Å². The fourth-order valence-corrected chi connectivity index (χ4v) is 2.87. The number of hydrogen-bond acceptors (Lipinski definition) is 4. The summed E-state index contributed by atoms with van der Waals surface area (Å²) >= 11 is 0. The number of nitrogens with one attached hydrogen (secondary N) is 2. The fourth-order valence-electron chi connectivity index (χ4n) is 2.87. The second-order valence-electron chi connectivity index (χ2n) is 6.34. The number of rotatable bonds is 6. The highest BCUT2D eigenvalue weighted by molar-refractivity contribution is 5.95. The van der Waals surface area contributed by atoms with E-state index in [9.17, 15) is 9.59 Å². The van der Waals surface area contributed by atoms with Gasteiger partial charge in [-0.05, 0) is 42.7 Å². The summed E-state index contributed by atoms with van der Waals surface area (Å²) in [7, 11) is 0. The van der Waals surface area contributed by atoms with E-state index in [0.717, 1.165) is 18.4 Å². The average Bonchev–Trinajstić information content (AvgIpc) is 3.19. The molecular weight excluding hydrogens is 366 g/mol. The van der Waals surface area contributed by atoms with E-state index >= 15 is 0 Å². The van der Waals surface area contributed by atoms with Gasteiger partial charge in [0, 0.05) is 30.4 Å². The molecule has 1 aliphatic rings. The smallest absolute Gasteiger partial charge is 0.253 e. The Morgan fingerprint density at radius 2 is 1.67 bits per heavy atom. The lowest BCUT2D eigenvalue weighted by Crippen LogP contribution is -2.26. The van der Waals surface area contributed by atoms with Gasteiger partial charge in [0.15, 0.2) is 0 Å². The van der Waals surface area contributed by atoms with Crippen LogP contribution in [0.1, 0.15) is 30.9 Å². The van der Waals surface area contributed by atoms with Crippen molar-refractivity contribution in [1.29, 1.82) is 0 Å². The van der Waals surface area contributed by atoms with Gasteiger partial charge in [0.25, 0.3) is 5.91 Å². The van der Waals surface area contributed by atoms with Gasteiger partial charge in [-0.2, -0.15) is 0 Å². The van der Waals surface area contributed by atoms with Crippen LogP contribution in [0.15, 0.2) is 54.6 Å². The van der Waals surface area contributed by atoms with Gasteiger partial charge in [-0.3, -0.25) is 9.59 Å². The molecule has 2 amide bonds. The first-order chi connectivity index (χ1) is 12.6. The fraction of sp³-hybridized carbons (Fsp3) is 0.300. The van der Waals surface area contributed by atoms with Crippen molar-refractivity contribution in [2.24, 2.45) is 5.73 Å². The molecular formula is C20H24ClN3O3.